The highest BCUT2D eigenvalue weighted by atomic mass is 32.2. The molecule has 1 fully saturated rings. The zero-order valence-electron chi connectivity index (χ0n) is 18.0. The fourth-order valence-electron chi connectivity index (χ4n) is 3.70. The number of hydrogen-bond acceptors (Lipinski definition) is 3. The molecular weight excluding hydrogens is 401 g/mol. The van der Waals surface area contributed by atoms with Gasteiger partial charge in [0.25, 0.3) is 5.91 Å². The van der Waals surface area contributed by atoms with Crippen LogP contribution in [-0.2, 0) is 27.7 Å². The zero-order chi connectivity index (χ0) is 22.1. The van der Waals surface area contributed by atoms with Gasteiger partial charge in [-0.05, 0) is 85.3 Å². The molecule has 0 heterocycles. The number of nitrogens with zero attached hydrogens (tertiary/aromatic N) is 2. The first-order chi connectivity index (χ1) is 14.1. The highest BCUT2D eigenvalue weighted by Gasteiger charge is 2.29. The Morgan fingerprint density at radius 1 is 1.23 bits per heavy atom. The Bertz CT molecular complexity index is 1030. The first-order valence-electron chi connectivity index (χ1n) is 10.2. The summed E-state index contributed by atoms with van der Waals surface area (Å²) >= 11 is 0. The van der Waals surface area contributed by atoms with E-state index in [9.17, 15) is 13.4 Å². The second-order valence-corrected chi connectivity index (χ2v) is 10.4. The van der Waals surface area contributed by atoms with Gasteiger partial charge in [0.15, 0.2) is 0 Å². The molecule has 30 heavy (non-hydrogen) atoms. The number of amides is 1. The van der Waals surface area contributed by atoms with Crippen molar-refractivity contribution in [1.29, 1.82) is 0 Å². The second kappa shape index (κ2) is 8.96. The highest BCUT2D eigenvalue weighted by molar-refractivity contribution is 7.91. The molecule has 0 unspecified atom stereocenters. The number of nitrogens with two attached hydrogens (primary N) is 1. The molecule has 2 aromatic carbocycles. The Morgan fingerprint density at radius 2 is 1.87 bits per heavy atom. The predicted molar refractivity (Wildman–Crippen MR) is 118 cm³/mol. The zero-order valence-corrected chi connectivity index (χ0v) is 18.8. The van der Waals surface area contributed by atoms with Crippen molar-refractivity contribution < 1.29 is 13.4 Å². The van der Waals surface area contributed by atoms with Crippen LogP contribution in [-0.4, -0.2) is 29.1 Å². The van der Waals surface area contributed by atoms with Crippen LogP contribution in [0.4, 0.5) is 4.39 Å². The highest BCUT2D eigenvalue weighted by Crippen LogP contribution is 2.43. The molecule has 1 amide bonds. The van der Waals surface area contributed by atoms with Gasteiger partial charge in [0.05, 0.1) is 11.3 Å². The molecule has 1 aliphatic carbocycles. The lowest BCUT2D eigenvalue weighted by atomic mass is 9.89. The van der Waals surface area contributed by atoms with E-state index < -0.39 is 15.8 Å². The lowest BCUT2D eigenvalue weighted by molar-refractivity contribution is -0.117. The van der Waals surface area contributed by atoms with Crippen LogP contribution < -0.4 is 5.14 Å². The number of rotatable bonds is 7. The normalized spacial score (nSPS) is 16.0. The van der Waals surface area contributed by atoms with Crippen molar-refractivity contribution >= 4 is 15.8 Å². The molecule has 1 aliphatic rings. The fourth-order valence-corrected chi connectivity index (χ4v) is 4.70. The van der Waals surface area contributed by atoms with E-state index in [0.29, 0.717) is 4.90 Å². The van der Waals surface area contributed by atoms with Crippen LogP contribution in [0.25, 0.3) is 0 Å². The summed E-state index contributed by atoms with van der Waals surface area (Å²) in [6.07, 6.45) is 1.96. The molecule has 3 rings (SSSR count). The monoisotopic (exact) mass is 431 g/mol. The molecule has 2 aromatic rings. The Balaban J connectivity index is 1.89. The molecule has 0 radical (unpaired) electrons. The average Bonchev–Trinajstić information content (AvgIpc) is 3.47. The van der Waals surface area contributed by atoms with Gasteiger partial charge in [-0.3, -0.25) is 4.79 Å². The van der Waals surface area contributed by atoms with Gasteiger partial charge in [0.1, 0.15) is 15.7 Å². The van der Waals surface area contributed by atoms with Crippen molar-refractivity contribution in [2.24, 2.45) is 9.50 Å². The van der Waals surface area contributed by atoms with E-state index in [1.54, 1.807) is 12.1 Å². The first kappa shape index (κ1) is 22.6. The molecule has 1 saturated carbocycles. The van der Waals surface area contributed by atoms with Crippen LogP contribution in [0.15, 0.2) is 45.7 Å². The van der Waals surface area contributed by atoms with Gasteiger partial charge in [0.2, 0.25) is 0 Å². The molecule has 162 valence electrons. The molecule has 0 aliphatic heterocycles. The summed E-state index contributed by atoms with van der Waals surface area (Å²) in [5.74, 6) is -0.482. The van der Waals surface area contributed by atoms with Gasteiger partial charge in [-0.25, -0.2) is 13.7 Å². The third-order valence-electron chi connectivity index (χ3n) is 5.25. The van der Waals surface area contributed by atoms with Crippen molar-refractivity contribution in [3.63, 3.8) is 0 Å². The van der Waals surface area contributed by atoms with Crippen LogP contribution in [0.1, 0.15) is 60.8 Å². The van der Waals surface area contributed by atoms with Crippen molar-refractivity contribution in [3.8, 4) is 0 Å². The summed E-state index contributed by atoms with van der Waals surface area (Å²) in [6, 6.07) is 10.0. The summed E-state index contributed by atoms with van der Waals surface area (Å²) in [6.45, 7) is 4.68. The lowest BCUT2D eigenvalue weighted by Gasteiger charge is -2.17. The van der Waals surface area contributed by atoms with E-state index in [1.165, 1.54) is 12.1 Å². The van der Waals surface area contributed by atoms with Gasteiger partial charge in [0, 0.05) is 6.54 Å². The molecular formula is C23H30FN3O2S. The Morgan fingerprint density at radius 3 is 2.40 bits per heavy atom. The lowest BCUT2D eigenvalue weighted by Crippen LogP contribution is -2.17. The minimum absolute atomic E-state index is 0.0213. The predicted octanol–water partition coefficient (Wildman–Crippen LogP) is 4.36. The topological polar surface area (TPSA) is 75.8 Å². The molecule has 0 aromatic heterocycles. The summed E-state index contributed by atoms with van der Waals surface area (Å²) < 4.78 is 30.9. The third-order valence-corrected chi connectivity index (χ3v) is 6.67. The largest absolute Gasteiger partial charge is 0.305 e. The van der Waals surface area contributed by atoms with E-state index in [0.717, 1.165) is 41.6 Å². The van der Waals surface area contributed by atoms with Crippen LogP contribution in [0, 0.1) is 5.82 Å². The maximum atomic E-state index is 14.1. The van der Waals surface area contributed by atoms with E-state index >= 15 is 0 Å². The summed E-state index contributed by atoms with van der Waals surface area (Å²) in [7, 11) is 0.580. The van der Waals surface area contributed by atoms with E-state index in [4.69, 9.17) is 5.14 Å². The van der Waals surface area contributed by atoms with Crippen molar-refractivity contribution in [2.45, 2.75) is 56.4 Å². The number of benzene rings is 2. The van der Waals surface area contributed by atoms with Crippen LogP contribution >= 0.6 is 0 Å². The van der Waals surface area contributed by atoms with Crippen molar-refractivity contribution in [2.75, 3.05) is 14.1 Å². The van der Waals surface area contributed by atoms with Crippen molar-refractivity contribution in [1.82, 2.24) is 4.90 Å². The summed E-state index contributed by atoms with van der Waals surface area (Å²) in [5.41, 5.74) is 3.53. The Kier molecular flexibility index (Phi) is 6.75. The summed E-state index contributed by atoms with van der Waals surface area (Å²) in [5, 5.41) is 5.95. The van der Waals surface area contributed by atoms with Gasteiger partial charge in [-0.2, -0.15) is 0 Å². The van der Waals surface area contributed by atoms with Crippen molar-refractivity contribution in [3.05, 3.63) is 64.5 Å². The van der Waals surface area contributed by atoms with Gasteiger partial charge < -0.3 is 4.90 Å². The van der Waals surface area contributed by atoms with Crippen LogP contribution in [0.2, 0.25) is 0 Å². The molecule has 2 N–H and O–H groups in total. The van der Waals surface area contributed by atoms with Gasteiger partial charge in [-0.15, -0.1) is 4.36 Å². The first-order valence-corrected chi connectivity index (χ1v) is 11.8. The minimum Gasteiger partial charge on any atom is -0.305 e. The summed E-state index contributed by atoms with van der Waals surface area (Å²) in [4.78, 5) is 15.1. The maximum Gasteiger partial charge on any atom is 0.259 e. The van der Waals surface area contributed by atoms with E-state index in [-0.39, 0.29) is 24.1 Å². The Labute approximate surface area is 178 Å². The smallest absolute Gasteiger partial charge is 0.259 e. The second-order valence-electron chi connectivity index (χ2n) is 8.60. The maximum absolute atomic E-state index is 14.1. The van der Waals surface area contributed by atoms with Gasteiger partial charge in [-0.1, -0.05) is 26.0 Å². The Hall–Kier alpha value is -2.09. The number of carbonyl (C=O) groups is 1. The standard InChI is InChI=1S/C23H30FN3O2S/c1-15(2)20-11-18(24)12-21(17-7-8-17)22(20)13-23(28)26-30(25,29)19-9-5-16(6-10-19)14-27(3)4/h5-6,9-12,15,17H,7-8,13-14H2,1-4H3,(H2,25,26,28,29)/t30-/m0/s1. The molecule has 0 spiro atoms. The quantitative estimate of drug-likeness (QED) is 0.708. The number of hydrogen-bond donors (Lipinski definition) is 1. The SMILES string of the molecule is CC(C)c1cc(F)cc(C2CC2)c1CC(=O)N=[S@](N)(=O)c1ccc(CN(C)C)cc1. The molecule has 7 heteroatoms. The molecule has 0 saturated heterocycles. The molecule has 0 bridgehead atoms. The fraction of sp³-hybridized carbons (Fsp3) is 0.435. The van der Waals surface area contributed by atoms with Gasteiger partial charge >= 0.3 is 0 Å². The van der Waals surface area contributed by atoms with E-state index in [2.05, 4.69) is 4.36 Å². The van der Waals surface area contributed by atoms with Crippen LogP contribution in [0.5, 0.6) is 0 Å². The molecule has 5 nitrogen and oxygen atoms in total. The van der Waals surface area contributed by atoms with Crippen LogP contribution in [0.3, 0.4) is 0 Å². The minimum atomic E-state index is -3.35. The molecule has 1 atom stereocenters. The van der Waals surface area contributed by atoms with E-state index in [1.807, 2.05) is 45.0 Å². The third kappa shape index (κ3) is 5.53. The number of halogens is 1. The number of carbonyl (C=O) groups excluding carboxylic acids is 1. The average molecular weight is 432 g/mol.